The fraction of sp³-hybridized carbons (Fsp3) is 0.150. The minimum atomic E-state index is -0.293. The van der Waals surface area contributed by atoms with Gasteiger partial charge in [-0.3, -0.25) is 4.79 Å². The summed E-state index contributed by atoms with van der Waals surface area (Å²) in [6.45, 7) is 0.238. The average Bonchev–Trinajstić information content (AvgIpc) is 3.16. The summed E-state index contributed by atoms with van der Waals surface area (Å²) in [6.07, 6.45) is 1.99. The van der Waals surface area contributed by atoms with Gasteiger partial charge in [-0.15, -0.1) is 11.8 Å². The number of nitrogens with one attached hydrogen (secondary N) is 1. The molecule has 1 amide bonds. The van der Waals surface area contributed by atoms with Crippen LogP contribution in [0.15, 0.2) is 70.0 Å². The Morgan fingerprint density at radius 3 is 2.58 bits per heavy atom. The second-order valence-corrected chi connectivity index (χ2v) is 6.30. The monoisotopic (exact) mass is 369 g/mol. The Morgan fingerprint density at radius 2 is 1.85 bits per heavy atom. The van der Waals surface area contributed by atoms with Crippen molar-refractivity contribution in [3.05, 3.63) is 72.2 Å². The summed E-state index contributed by atoms with van der Waals surface area (Å²) in [5.74, 6) is 1.98. The van der Waals surface area contributed by atoms with Crippen molar-refractivity contribution in [2.75, 3.05) is 18.7 Å². The molecule has 6 heteroatoms. The highest BCUT2D eigenvalue weighted by molar-refractivity contribution is 7.98. The molecular formula is C20H19NO4S. The lowest BCUT2D eigenvalue weighted by molar-refractivity contribution is 0.0992. The number of rotatable bonds is 7. The van der Waals surface area contributed by atoms with Crippen molar-refractivity contribution in [3.63, 3.8) is 0 Å². The van der Waals surface area contributed by atoms with Gasteiger partial charge in [0.2, 0.25) is 0 Å². The van der Waals surface area contributed by atoms with Crippen LogP contribution < -0.4 is 14.8 Å². The van der Waals surface area contributed by atoms with Gasteiger partial charge in [0, 0.05) is 10.6 Å². The fourth-order valence-electron chi connectivity index (χ4n) is 2.30. The van der Waals surface area contributed by atoms with Crippen LogP contribution in [-0.4, -0.2) is 19.3 Å². The lowest BCUT2D eigenvalue weighted by atomic mass is 10.3. The normalized spacial score (nSPS) is 10.4. The molecule has 0 aliphatic rings. The first-order valence-corrected chi connectivity index (χ1v) is 9.21. The van der Waals surface area contributed by atoms with Crippen molar-refractivity contribution in [2.45, 2.75) is 11.5 Å². The van der Waals surface area contributed by atoms with Crippen LogP contribution in [0.25, 0.3) is 0 Å². The molecular weight excluding hydrogens is 350 g/mol. The van der Waals surface area contributed by atoms with E-state index in [0.29, 0.717) is 11.5 Å². The van der Waals surface area contributed by atoms with Crippen molar-refractivity contribution < 1.29 is 18.7 Å². The molecule has 0 aliphatic heterocycles. The Kier molecular flexibility index (Phi) is 5.86. The summed E-state index contributed by atoms with van der Waals surface area (Å²) in [5.41, 5.74) is 0.731. The minimum absolute atomic E-state index is 0.238. The van der Waals surface area contributed by atoms with E-state index >= 15 is 0 Å². The van der Waals surface area contributed by atoms with E-state index in [4.69, 9.17) is 13.9 Å². The zero-order valence-corrected chi connectivity index (χ0v) is 15.3. The molecule has 2 aromatic carbocycles. The van der Waals surface area contributed by atoms with E-state index in [1.54, 1.807) is 31.0 Å². The summed E-state index contributed by atoms with van der Waals surface area (Å²) in [5, 5.41) is 2.83. The van der Waals surface area contributed by atoms with E-state index in [1.165, 1.54) is 0 Å². The Bertz CT molecular complexity index is 874. The van der Waals surface area contributed by atoms with E-state index in [-0.39, 0.29) is 18.3 Å². The molecule has 5 nitrogen and oxygen atoms in total. The Balaban J connectivity index is 1.58. The zero-order valence-electron chi connectivity index (χ0n) is 14.5. The van der Waals surface area contributed by atoms with E-state index < -0.39 is 0 Å². The van der Waals surface area contributed by atoms with Crippen LogP contribution in [0, 0.1) is 0 Å². The van der Waals surface area contributed by atoms with Crippen LogP contribution in [-0.2, 0) is 6.61 Å². The minimum Gasteiger partial charge on any atom is -0.497 e. The van der Waals surface area contributed by atoms with E-state index in [2.05, 4.69) is 5.32 Å². The van der Waals surface area contributed by atoms with Crippen molar-refractivity contribution in [1.29, 1.82) is 0 Å². The van der Waals surface area contributed by atoms with E-state index in [9.17, 15) is 4.79 Å². The Morgan fingerprint density at radius 1 is 1.08 bits per heavy atom. The van der Waals surface area contributed by atoms with Crippen molar-refractivity contribution in [2.24, 2.45) is 0 Å². The highest BCUT2D eigenvalue weighted by Crippen LogP contribution is 2.21. The first-order chi connectivity index (χ1) is 12.7. The van der Waals surface area contributed by atoms with Gasteiger partial charge in [-0.05, 0) is 60.9 Å². The van der Waals surface area contributed by atoms with Gasteiger partial charge in [0.15, 0.2) is 5.76 Å². The molecule has 0 unspecified atom stereocenters. The standard InChI is InChI=1S/C20H19NO4S/c1-23-15-6-8-16(9-7-15)24-13-17-10-11-19(25-17)20(22)21-14-4-3-5-18(12-14)26-2/h3-12H,13H2,1-2H3,(H,21,22). The molecule has 0 fully saturated rings. The summed E-state index contributed by atoms with van der Waals surface area (Å²) >= 11 is 1.62. The number of furan rings is 1. The maximum absolute atomic E-state index is 12.3. The highest BCUT2D eigenvalue weighted by Gasteiger charge is 2.12. The van der Waals surface area contributed by atoms with Crippen LogP contribution in [0.1, 0.15) is 16.3 Å². The molecule has 0 aliphatic carbocycles. The first kappa shape index (κ1) is 17.9. The zero-order chi connectivity index (χ0) is 18.4. The van der Waals surface area contributed by atoms with Crippen molar-refractivity contribution >= 4 is 23.4 Å². The third-order valence-electron chi connectivity index (χ3n) is 3.65. The first-order valence-electron chi connectivity index (χ1n) is 7.99. The molecule has 26 heavy (non-hydrogen) atoms. The number of anilines is 1. The SMILES string of the molecule is COc1ccc(OCc2ccc(C(=O)Nc3cccc(SC)c3)o2)cc1. The average molecular weight is 369 g/mol. The van der Waals surface area contributed by atoms with Gasteiger partial charge >= 0.3 is 0 Å². The largest absolute Gasteiger partial charge is 0.497 e. The molecule has 0 spiro atoms. The number of carbonyl (C=O) groups excluding carboxylic acids is 1. The number of methoxy groups -OCH3 is 1. The summed E-state index contributed by atoms with van der Waals surface area (Å²) in [6, 6.07) is 18.3. The van der Waals surface area contributed by atoms with Gasteiger partial charge in [0.05, 0.1) is 7.11 Å². The van der Waals surface area contributed by atoms with E-state index in [1.807, 2.05) is 54.8 Å². The maximum atomic E-state index is 12.3. The lowest BCUT2D eigenvalue weighted by Crippen LogP contribution is -2.10. The Hall–Kier alpha value is -2.86. The molecule has 1 N–H and O–H groups in total. The second-order valence-electron chi connectivity index (χ2n) is 5.42. The molecule has 1 heterocycles. The number of hydrogen-bond acceptors (Lipinski definition) is 5. The predicted molar refractivity (Wildman–Crippen MR) is 102 cm³/mol. The quantitative estimate of drug-likeness (QED) is 0.604. The highest BCUT2D eigenvalue weighted by atomic mass is 32.2. The molecule has 3 rings (SSSR count). The number of benzene rings is 2. The third kappa shape index (κ3) is 4.61. The van der Waals surface area contributed by atoms with Crippen molar-refractivity contribution in [3.8, 4) is 11.5 Å². The van der Waals surface area contributed by atoms with Gasteiger partial charge < -0.3 is 19.2 Å². The number of ether oxygens (including phenoxy) is 2. The topological polar surface area (TPSA) is 60.7 Å². The lowest BCUT2D eigenvalue weighted by Gasteiger charge is -2.06. The van der Waals surface area contributed by atoms with Crippen LogP contribution in [0.2, 0.25) is 0 Å². The molecule has 0 radical (unpaired) electrons. The molecule has 0 bridgehead atoms. The number of amides is 1. The predicted octanol–water partition coefficient (Wildman–Crippen LogP) is 4.84. The van der Waals surface area contributed by atoms with Crippen LogP contribution in [0.4, 0.5) is 5.69 Å². The van der Waals surface area contributed by atoms with Crippen LogP contribution in [0.5, 0.6) is 11.5 Å². The Labute approximate surface area is 156 Å². The molecule has 1 aromatic heterocycles. The van der Waals surface area contributed by atoms with Gasteiger partial charge in [0.25, 0.3) is 5.91 Å². The van der Waals surface area contributed by atoms with Gasteiger partial charge in [0.1, 0.15) is 23.9 Å². The number of thioether (sulfide) groups is 1. The van der Waals surface area contributed by atoms with E-state index in [0.717, 1.165) is 16.3 Å². The van der Waals surface area contributed by atoms with Gasteiger partial charge in [-0.1, -0.05) is 6.07 Å². The summed E-state index contributed by atoms with van der Waals surface area (Å²) < 4.78 is 16.3. The second kappa shape index (κ2) is 8.49. The molecule has 0 atom stereocenters. The third-order valence-corrected chi connectivity index (χ3v) is 4.38. The van der Waals surface area contributed by atoms with Crippen LogP contribution in [0.3, 0.4) is 0 Å². The fourth-order valence-corrected chi connectivity index (χ4v) is 2.76. The van der Waals surface area contributed by atoms with Gasteiger partial charge in [-0.25, -0.2) is 0 Å². The molecule has 3 aromatic rings. The van der Waals surface area contributed by atoms with Gasteiger partial charge in [-0.2, -0.15) is 0 Å². The van der Waals surface area contributed by atoms with Crippen LogP contribution >= 0.6 is 11.8 Å². The molecule has 0 saturated carbocycles. The molecule has 0 saturated heterocycles. The maximum Gasteiger partial charge on any atom is 0.291 e. The summed E-state index contributed by atoms with van der Waals surface area (Å²) in [7, 11) is 1.61. The number of hydrogen-bond donors (Lipinski definition) is 1. The smallest absolute Gasteiger partial charge is 0.291 e. The van der Waals surface area contributed by atoms with Crippen molar-refractivity contribution in [1.82, 2.24) is 0 Å². The number of carbonyl (C=O) groups is 1. The summed E-state index contributed by atoms with van der Waals surface area (Å²) in [4.78, 5) is 13.4. The molecule has 134 valence electrons.